The topological polar surface area (TPSA) is 57.8 Å². The van der Waals surface area contributed by atoms with Gasteiger partial charge in [0.25, 0.3) is 0 Å². The number of carbonyl (C=O) groups excluding carboxylic acids is 1. The number of nitrogens with one attached hydrogen (secondary N) is 2. The van der Waals surface area contributed by atoms with Gasteiger partial charge in [-0.25, -0.2) is 0 Å². The summed E-state index contributed by atoms with van der Waals surface area (Å²) in [4.78, 5) is 11.8. The molecular weight excluding hydrogens is 214 g/mol. The van der Waals surface area contributed by atoms with Gasteiger partial charge in [0.1, 0.15) is 0 Å². The molecule has 0 spiro atoms. The zero-order valence-corrected chi connectivity index (χ0v) is 9.95. The third kappa shape index (κ3) is 2.72. The maximum Gasteiger partial charge on any atom is 0.228 e. The highest BCUT2D eigenvalue weighted by Gasteiger charge is 2.10. The SMILES string of the molecule is Cc1n[nH]c(C)c1NC(=O)Cc1ccccc1. The molecule has 4 heteroatoms. The van der Waals surface area contributed by atoms with E-state index in [1.54, 1.807) is 0 Å². The number of benzene rings is 1. The van der Waals surface area contributed by atoms with Crippen LogP contribution in [0.15, 0.2) is 30.3 Å². The van der Waals surface area contributed by atoms with Gasteiger partial charge in [-0.1, -0.05) is 30.3 Å². The highest BCUT2D eigenvalue weighted by atomic mass is 16.1. The van der Waals surface area contributed by atoms with Crippen molar-refractivity contribution in [1.82, 2.24) is 10.2 Å². The number of nitrogens with zero attached hydrogens (tertiary/aromatic N) is 1. The van der Waals surface area contributed by atoms with Gasteiger partial charge in [0.05, 0.1) is 23.5 Å². The lowest BCUT2D eigenvalue weighted by atomic mass is 10.1. The zero-order valence-electron chi connectivity index (χ0n) is 9.95. The van der Waals surface area contributed by atoms with E-state index >= 15 is 0 Å². The molecule has 0 aliphatic heterocycles. The maximum atomic E-state index is 11.8. The van der Waals surface area contributed by atoms with Crippen LogP contribution in [0.2, 0.25) is 0 Å². The minimum absolute atomic E-state index is 0.0243. The van der Waals surface area contributed by atoms with Crippen LogP contribution in [-0.2, 0) is 11.2 Å². The van der Waals surface area contributed by atoms with Crippen molar-refractivity contribution in [2.75, 3.05) is 5.32 Å². The monoisotopic (exact) mass is 229 g/mol. The predicted molar refractivity (Wildman–Crippen MR) is 66.8 cm³/mol. The van der Waals surface area contributed by atoms with Gasteiger partial charge in [0.2, 0.25) is 5.91 Å². The molecule has 0 unspecified atom stereocenters. The van der Waals surface area contributed by atoms with Crippen molar-refractivity contribution in [2.24, 2.45) is 0 Å². The number of H-pyrrole nitrogens is 1. The first-order chi connectivity index (χ1) is 8.16. The molecule has 2 N–H and O–H groups in total. The fourth-order valence-corrected chi connectivity index (χ4v) is 1.70. The van der Waals surface area contributed by atoms with Crippen LogP contribution in [0.5, 0.6) is 0 Å². The van der Waals surface area contributed by atoms with Gasteiger partial charge in [0, 0.05) is 0 Å². The summed E-state index contributed by atoms with van der Waals surface area (Å²) in [5.74, 6) is -0.0243. The molecule has 1 aromatic carbocycles. The van der Waals surface area contributed by atoms with Crippen LogP contribution in [0, 0.1) is 13.8 Å². The number of aryl methyl sites for hydroxylation is 2. The number of aromatic amines is 1. The molecule has 0 bridgehead atoms. The van der Waals surface area contributed by atoms with E-state index in [0.29, 0.717) is 6.42 Å². The fraction of sp³-hybridized carbons (Fsp3) is 0.231. The van der Waals surface area contributed by atoms with Crippen molar-refractivity contribution < 1.29 is 4.79 Å². The Bertz CT molecular complexity index is 497. The van der Waals surface area contributed by atoms with Crippen molar-refractivity contribution in [3.8, 4) is 0 Å². The van der Waals surface area contributed by atoms with E-state index in [2.05, 4.69) is 15.5 Å². The Balaban J connectivity index is 2.03. The summed E-state index contributed by atoms with van der Waals surface area (Å²) in [5, 5.41) is 9.75. The third-order valence-electron chi connectivity index (χ3n) is 2.60. The second-order valence-corrected chi connectivity index (χ2v) is 4.02. The van der Waals surface area contributed by atoms with Crippen molar-refractivity contribution in [3.05, 3.63) is 47.3 Å². The lowest BCUT2D eigenvalue weighted by Gasteiger charge is -2.05. The molecule has 17 heavy (non-hydrogen) atoms. The number of hydrogen-bond donors (Lipinski definition) is 2. The highest BCUT2D eigenvalue weighted by molar-refractivity contribution is 5.93. The highest BCUT2D eigenvalue weighted by Crippen LogP contribution is 2.16. The van der Waals surface area contributed by atoms with Gasteiger partial charge in [-0.2, -0.15) is 5.10 Å². The summed E-state index contributed by atoms with van der Waals surface area (Å²) in [6.07, 6.45) is 0.380. The Morgan fingerprint density at radius 3 is 2.59 bits per heavy atom. The Labute approximate surface area is 100 Å². The van der Waals surface area contributed by atoms with E-state index < -0.39 is 0 Å². The molecule has 0 aliphatic rings. The van der Waals surface area contributed by atoms with Crippen LogP contribution in [0.3, 0.4) is 0 Å². The summed E-state index contributed by atoms with van der Waals surface area (Å²) in [6, 6.07) is 9.67. The Morgan fingerprint density at radius 2 is 2.00 bits per heavy atom. The van der Waals surface area contributed by atoms with Gasteiger partial charge in [-0.3, -0.25) is 9.89 Å². The van der Waals surface area contributed by atoms with Crippen LogP contribution in [0.4, 0.5) is 5.69 Å². The summed E-state index contributed by atoms with van der Waals surface area (Å²) < 4.78 is 0. The Morgan fingerprint density at radius 1 is 1.29 bits per heavy atom. The molecule has 0 saturated heterocycles. The number of rotatable bonds is 3. The predicted octanol–water partition coefficient (Wildman–Crippen LogP) is 2.21. The van der Waals surface area contributed by atoms with E-state index in [0.717, 1.165) is 22.6 Å². The third-order valence-corrected chi connectivity index (χ3v) is 2.60. The molecule has 2 aromatic rings. The maximum absolute atomic E-state index is 11.8. The molecule has 2 rings (SSSR count). The van der Waals surface area contributed by atoms with Crippen molar-refractivity contribution in [1.29, 1.82) is 0 Å². The normalized spacial score (nSPS) is 10.2. The second-order valence-electron chi connectivity index (χ2n) is 4.02. The van der Waals surface area contributed by atoms with E-state index in [4.69, 9.17) is 0 Å². The van der Waals surface area contributed by atoms with Crippen LogP contribution >= 0.6 is 0 Å². The van der Waals surface area contributed by atoms with Crippen LogP contribution in [0.1, 0.15) is 17.0 Å². The molecule has 0 radical (unpaired) electrons. The van der Waals surface area contributed by atoms with Crippen LogP contribution < -0.4 is 5.32 Å². The molecule has 0 fully saturated rings. The van der Waals surface area contributed by atoms with Crippen molar-refractivity contribution in [2.45, 2.75) is 20.3 Å². The van der Waals surface area contributed by atoms with E-state index in [9.17, 15) is 4.79 Å². The molecule has 88 valence electrons. The lowest BCUT2D eigenvalue weighted by Crippen LogP contribution is -2.15. The minimum Gasteiger partial charge on any atom is -0.323 e. The number of hydrogen-bond acceptors (Lipinski definition) is 2. The average Bonchev–Trinajstić information content (AvgIpc) is 2.62. The first-order valence-electron chi connectivity index (χ1n) is 5.52. The molecule has 1 amide bonds. The molecule has 0 atom stereocenters. The molecule has 1 heterocycles. The lowest BCUT2D eigenvalue weighted by molar-refractivity contribution is -0.115. The van der Waals surface area contributed by atoms with Gasteiger partial charge >= 0.3 is 0 Å². The molecule has 0 saturated carbocycles. The largest absolute Gasteiger partial charge is 0.323 e. The van der Waals surface area contributed by atoms with Gasteiger partial charge in [-0.15, -0.1) is 0 Å². The molecular formula is C13H15N3O. The number of amides is 1. The van der Waals surface area contributed by atoms with Gasteiger partial charge in [0.15, 0.2) is 0 Å². The van der Waals surface area contributed by atoms with Gasteiger partial charge < -0.3 is 5.32 Å². The number of aromatic nitrogens is 2. The first-order valence-corrected chi connectivity index (χ1v) is 5.52. The van der Waals surface area contributed by atoms with E-state index in [-0.39, 0.29) is 5.91 Å². The second kappa shape index (κ2) is 4.82. The molecule has 4 nitrogen and oxygen atoms in total. The fourth-order valence-electron chi connectivity index (χ4n) is 1.70. The van der Waals surface area contributed by atoms with Crippen molar-refractivity contribution in [3.63, 3.8) is 0 Å². The summed E-state index contributed by atoms with van der Waals surface area (Å²) in [5.41, 5.74) is 3.47. The van der Waals surface area contributed by atoms with E-state index in [1.807, 2.05) is 44.2 Å². The number of carbonyl (C=O) groups is 1. The minimum atomic E-state index is -0.0243. The molecule has 0 aliphatic carbocycles. The van der Waals surface area contributed by atoms with E-state index in [1.165, 1.54) is 0 Å². The summed E-state index contributed by atoms with van der Waals surface area (Å²) in [6.45, 7) is 3.75. The van der Waals surface area contributed by atoms with Crippen LogP contribution in [-0.4, -0.2) is 16.1 Å². The number of anilines is 1. The smallest absolute Gasteiger partial charge is 0.228 e. The zero-order chi connectivity index (χ0) is 12.3. The quantitative estimate of drug-likeness (QED) is 0.847. The summed E-state index contributed by atoms with van der Waals surface area (Å²) in [7, 11) is 0. The summed E-state index contributed by atoms with van der Waals surface area (Å²) >= 11 is 0. The first kappa shape index (κ1) is 11.4. The van der Waals surface area contributed by atoms with Crippen molar-refractivity contribution >= 4 is 11.6 Å². The van der Waals surface area contributed by atoms with Crippen LogP contribution in [0.25, 0.3) is 0 Å². The molecule has 1 aromatic heterocycles. The van der Waals surface area contributed by atoms with Gasteiger partial charge in [-0.05, 0) is 19.4 Å². The Hall–Kier alpha value is -2.10. The Kier molecular flexibility index (Phi) is 3.23. The average molecular weight is 229 g/mol. The standard InChI is InChI=1S/C13H15N3O/c1-9-13(10(2)16-15-9)14-12(17)8-11-6-4-3-5-7-11/h3-7H,8H2,1-2H3,(H,14,17)(H,15,16).